The highest BCUT2D eigenvalue weighted by molar-refractivity contribution is 5.86. The highest BCUT2D eigenvalue weighted by Crippen LogP contribution is 2.14. The van der Waals surface area contributed by atoms with Crippen molar-refractivity contribution in [3.8, 4) is 0 Å². The number of ketones is 1. The van der Waals surface area contributed by atoms with Gasteiger partial charge < -0.3 is 4.42 Å². The van der Waals surface area contributed by atoms with Crippen molar-refractivity contribution in [1.29, 1.82) is 0 Å². The zero-order chi connectivity index (χ0) is 14.5. The van der Waals surface area contributed by atoms with Crippen molar-refractivity contribution in [3.63, 3.8) is 0 Å². The zero-order valence-electron chi connectivity index (χ0n) is 12.1. The quantitative estimate of drug-likeness (QED) is 0.780. The molecule has 0 spiro atoms. The van der Waals surface area contributed by atoms with Gasteiger partial charge in [0.05, 0.1) is 12.8 Å². The smallest absolute Gasteiger partial charge is 0.158 e. The predicted octanol–water partition coefficient (Wildman–Crippen LogP) is 3.44. The topological polar surface area (TPSA) is 42.6 Å². The first-order chi connectivity index (χ1) is 9.56. The zero-order valence-corrected chi connectivity index (χ0v) is 12.1. The molecule has 0 aliphatic heterocycles. The Morgan fingerprint density at radius 3 is 2.45 bits per heavy atom. The Morgan fingerprint density at radius 1 is 1.15 bits per heavy atom. The molecule has 0 unspecified atom stereocenters. The normalized spacial score (nSPS) is 11.2. The fourth-order valence-corrected chi connectivity index (χ4v) is 2.14. The monoisotopic (exact) mass is 269 g/mol. The highest BCUT2D eigenvalue weighted by Gasteiger charge is 2.07. The summed E-state index contributed by atoms with van der Waals surface area (Å²) in [5, 5.41) is 0. The van der Waals surface area contributed by atoms with Crippen LogP contribution in [0.25, 0.3) is 0 Å². The molecular weight excluding hydrogens is 250 g/mol. The van der Waals surface area contributed by atoms with Gasteiger partial charge in [-0.15, -0.1) is 0 Å². The molecule has 0 radical (unpaired) electrons. The summed E-state index contributed by atoms with van der Waals surface area (Å²) in [5.41, 5.74) is 3.43. The van der Waals surface area contributed by atoms with Crippen molar-refractivity contribution in [1.82, 2.24) is 0 Å². The molecule has 3 nitrogen and oxygen atoms in total. The van der Waals surface area contributed by atoms with Crippen LogP contribution < -0.4 is 0 Å². The van der Waals surface area contributed by atoms with Crippen LogP contribution in [0.4, 0.5) is 0 Å². The van der Waals surface area contributed by atoms with E-state index in [4.69, 9.17) is 4.42 Å². The number of carbonyl (C=O) groups is 1. The molecule has 0 bridgehead atoms. The van der Waals surface area contributed by atoms with Gasteiger partial charge in [-0.05, 0) is 49.6 Å². The van der Waals surface area contributed by atoms with Gasteiger partial charge in [0, 0.05) is 6.42 Å². The summed E-state index contributed by atoms with van der Waals surface area (Å²) in [4.78, 5) is 16.1. The molecule has 0 amide bonds. The maximum atomic E-state index is 12.0. The third-order valence-corrected chi connectivity index (χ3v) is 3.27. The minimum atomic E-state index is 0.113. The van der Waals surface area contributed by atoms with Crippen LogP contribution in [0.5, 0.6) is 0 Å². The van der Waals surface area contributed by atoms with Gasteiger partial charge in [0.2, 0.25) is 0 Å². The Kier molecular flexibility index (Phi) is 4.51. The molecule has 1 aromatic carbocycles. The van der Waals surface area contributed by atoms with Gasteiger partial charge in [0.1, 0.15) is 11.5 Å². The van der Waals surface area contributed by atoms with E-state index in [-0.39, 0.29) is 12.3 Å². The van der Waals surface area contributed by atoms with Gasteiger partial charge in [-0.2, -0.15) is 0 Å². The minimum Gasteiger partial charge on any atom is -0.460 e. The van der Waals surface area contributed by atoms with E-state index in [2.05, 4.69) is 4.99 Å². The number of aliphatic imine (C=N–C) groups is 1. The summed E-state index contributed by atoms with van der Waals surface area (Å²) in [7, 11) is 0. The van der Waals surface area contributed by atoms with Crippen LogP contribution in [0.15, 0.2) is 39.7 Å². The first-order valence-electron chi connectivity index (χ1n) is 6.69. The number of hydrogen-bond acceptors (Lipinski definition) is 3. The van der Waals surface area contributed by atoms with Crippen LogP contribution >= 0.6 is 0 Å². The van der Waals surface area contributed by atoms with Crippen LogP contribution in [0, 0.1) is 20.8 Å². The van der Waals surface area contributed by atoms with Crippen LogP contribution in [-0.2, 0) is 11.2 Å². The SMILES string of the molecule is Cc1ccc(C=NCC(=O)Cc2c(C)cccc2C)o1. The van der Waals surface area contributed by atoms with Crippen molar-refractivity contribution in [3.05, 3.63) is 58.5 Å². The van der Waals surface area contributed by atoms with Gasteiger partial charge in [0.25, 0.3) is 0 Å². The lowest BCUT2D eigenvalue weighted by molar-refractivity contribution is -0.117. The Balaban J connectivity index is 1.94. The average Bonchev–Trinajstić information content (AvgIpc) is 2.80. The van der Waals surface area contributed by atoms with Crippen LogP contribution in [0.3, 0.4) is 0 Å². The predicted molar refractivity (Wildman–Crippen MR) is 80.5 cm³/mol. The van der Waals surface area contributed by atoms with Gasteiger partial charge >= 0.3 is 0 Å². The Labute approximate surface area is 119 Å². The standard InChI is InChI=1S/C17H19NO2/c1-12-5-4-6-13(2)17(12)9-15(19)10-18-11-16-8-7-14(3)20-16/h4-8,11H,9-10H2,1-3H3. The van der Waals surface area contributed by atoms with Gasteiger partial charge in [0.15, 0.2) is 5.78 Å². The molecule has 1 heterocycles. The largest absolute Gasteiger partial charge is 0.460 e. The molecule has 0 saturated heterocycles. The first-order valence-corrected chi connectivity index (χ1v) is 6.69. The number of carbonyl (C=O) groups excluding carboxylic acids is 1. The molecule has 0 N–H and O–H groups in total. The van der Waals surface area contributed by atoms with E-state index in [1.807, 2.05) is 51.1 Å². The summed E-state index contributed by atoms with van der Waals surface area (Å²) < 4.78 is 5.36. The summed E-state index contributed by atoms with van der Waals surface area (Å²) in [5.74, 6) is 1.64. The fourth-order valence-electron chi connectivity index (χ4n) is 2.14. The lowest BCUT2D eigenvalue weighted by atomic mass is 9.98. The summed E-state index contributed by atoms with van der Waals surface area (Å²) in [6.45, 7) is 6.13. The number of hydrogen-bond donors (Lipinski definition) is 0. The van der Waals surface area contributed by atoms with Gasteiger partial charge in [-0.3, -0.25) is 9.79 Å². The highest BCUT2D eigenvalue weighted by atomic mass is 16.3. The molecule has 20 heavy (non-hydrogen) atoms. The minimum absolute atomic E-state index is 0.113. The lowest BCUT2D eigenvalue weighted by Gasteiger charge is -2.07. The first kappa shape index (κ1) is 14.3. The van der Waals surface area contributed by atoms with E-state index in [1.165, 1.54) is 0 Å². The second-order valence-corrected chi connectivity index (χ2v) is 5.00. The van der Waals surface area contributed by atoms with Crippen molar-refractivity contribution >= 4 is 12.0 Å². The number of aryl methyl sites for hydroxylation is 3. The van der Waals surface area contributed by atoms with Crippen molar-refractivity contribution in [2.75, 3.05) is 6.54 Å². The fraction of sp³-hybridized carbons (Fsp3) is 0.294. The van der Waals surface area contributed by atoms with E-state index < -0.39 is 0 Å². The number of Topliss-reactive ketones (excluding diaryl/α,β-unsaturated/α-hetero) is 1. The van der Waals surface area contributed by atoms with Crippen LogP contribution in [0.2, 0.25) is 0 Å². The second-order valence-electron chi connectivity index (χ2n) is 5.00. The molecule has 104 valence electrons. The summed E-state index contributed by atoms with van der Waals surface area (Å²) in [6.07, 6.45) is 2.04. The second kappa shape index (κ2) is 6.33. The molecule has 0 aliphatic carbocycles. The molecule has 0 saturated carbocycles. The van der Waals surface area contributed by atoms with E-state index in [0.29, 0.717) is 12.2 Å². The Morgan fingerprint density at radius 2 is 1.85 bits per heavy atom. The summed E-state index contributed by atoms with van der Waals surface area (Å²) >= 11 is 0. The van der Waals surface area contributed by atoms with E-state index in [1.54, 1.807) is 6.21 Å². The van der Waals surface area contributed by atoms with Crippen molar-refractivity contribution in [2.45, 2.75) is 27.2 Å². The number of furan rings is 1. The number of rotatable bonds is 5. The number of benzene rings is 1. The van der Waals surface area contributed by atoms with E-state index in [9.17, 15) is 4.79 Å². The van der Waals surface area contributed by atoms with Crippen molar-refractivity contribution < 1.29 is 9.21 Å². The average molecular weight is 269 g/mol. The van der Waals surface area contributed by atoms with Gasteiger partial charge in [-0.1, -0.05) is 18.2 Å². The maximum Gasteiger partial charge on any atom is 0.158 e. The molecule has 0 fully saturated rings. The molecule has 2 rings (SSSR count). The van der Waals surface area contributed by atoms with Crippen LogP contribution in [-0.4, -0.2) is 18.5 Å². The number of nitrogens with zero attached hydrogens (tertiary/aromatic N) is 1. The third-order valence-electron chi connectivity index (χ3n) is 3.27. The lowest BCUT2D eigenvalue weighted by Crippen LogP contribution is -2.09. The molecule has 0 atom stereocenters. The van der Waals surface area contributed by atoms with E-state index >= 15 is 0 Å². The molecule has 0 aliphatic rings. The third kappa shape index (κ3) is 3.67. The van der Waals surface area contributed by atoms with Crippen LogP contribution in [0.1, 0.15) is 28.2 Å². The van der Waals surface area contributed by atoms with Gasteiger partial charge in [-0.25, -0.2) is 0 Å². The van der Waals surface area contributed by atoms with E-state index in [0.717, 1.165) is 22.5 Å². The molecule has 2 aromatic rings. The summed E-state index contributed by atoms with van der Waals surface area (Å²) in [6, 6.07) is 9.79. The van der Waals surface area contributed by atoms with Crippen molar-refractivity contribution in [2.24, 2.45) is 4.99 Å². The molecule has 3 heteroatoms. The molecular formula is C17H19NO2. The maximum absolute atomic E-state index is 12.0. The molecule has 1 aromatic heterocycles. The Bertz CT molecular complexity index is 618. The Hall–Kier alpha value is -2.16.